The van der Waals surface area contributed by atoms with E-state index in [0.29, 0.717) is 0 Å². The van der Waals surface area contributed by atoms with Gasteiger partial charge in [0.15, 0.2) is 4.34 Å². The number of fused-ring (bicyclic) bond motifs is 1. The van der Waals surface area contributed by atoms with Crippen LogP contribution in [0, 0.1) is 5.82 Å². The van der Waals surface area contributed by atoms with Crippen LogP contribution in [-0.2, 0) is 4.74 Å². The average molecular weight is 298 g/mol. The highest BCUT2D eigenvalue weighted by Crippen LogP contribution is 2.29. The second-order valence-corrected chi connectivity index (χ2v) is 6.77. The van der Waals surface area contributed by atoms with Crippen LogP contribution >= 0.6 is 23.1 Å². The highest BCUT2D eigenvalue weighted by atomic mass is 32.2. The van der Waals surface area contributed by atoms with Crippen molar-refractivity contribution in [1.29, 1.82) is 0 Å². The molecule has 6 heteroatoms. The van der Waals surface area contributed by atoms with E-state index in [4.69, 9.17) is 4.74 Å². The van der Waals surface area contributed by atoms with Gasteiger partial charge in [-0.05, 0) is 12.1 Å². The lowest BCUT2D eigenvalue weighted by Crippen LogP contribution is -2.37. The monoisotopic (exact) mass is 298 g/mol. The van der Waals surface area contributed by atoms with Crippen molar-refractivity contribution in [3.8, 4) is 0 Å². The lowest BCUT2D eigenvalue weighted by atomic mass is 10.3. The van der Waals surface area contributed by atoms with Crippen molar-refractivity contribution in [2.75, 3.05) is 38.6 Å². The summed E-state index contributed by atoms with van der Waals surface area (Å²) in [5, 5.41) is 0. The molecule has 0 amide bonds. The first-order chi connectivity index (χ1) is 9.31. The molecule has 0 N–H and O–H groups in total. The van der Waals surface area contributed by atoms with E-state index in [2.05, 4.69) is 9.88 Å². The molecule has 1 aliphatic heterocycles. The molecule has 2 aromatic rings. The molecule has 3 nitrogen and oxygen atoms in total. The molecular weight excluding hydrogens is 283 g/mol. The number of rotatable bonds is 4. The molecule has 19 heavy (non-hydrogen) atoms. The maximum atomic E-state index is 13.1. The molecule has 3 rings (SSSR count). The molecule has 0 saturated carbocycles. The fourth-order valence-corrected chi connectivity index (χ4v) is 4.15. The maximum Gasteiger partial charge on any atom is 0.151 e. The van der Waals surface area contributed by atoms with Gasteiger partial charge in [0.25, 0.3) is 0 Å². The van der Waals surface area contributed by atoms with Crippen molar-refractivity contribution in [2.24, 2.45) is 0 Å². The van der Waals surface area contributed by atoms with E-state index in [0.717, 1.165) is 53.2 Å². The summed E-state index contributed by atoms with van der Waals surface area (Å²) in [6, 6.07) is 4.79. The predicted octanol–water partition coefficient (Wildman–Crippen LogP) is 2.86. The van der Waals surface area contributed by atoms with Crippen LogP contribution in [0.4, 0.5) is 4.39 Å². The number of aromatic nitrogens is 1. The molecule has 2 heterocycles. The second-order valence-electron chi connectivity index (χ2n) is 4.39. The Kier molecular flexibility index (Phi) is 4.32. The lowest BCUT2D eigenvalue weighted by molar-refractivity contribution is 0.0410. The molecule has 1 aliphatic rings. The number of hydrogen-bond donors (Lipinski definition) is 0. The number of thiazole rings is 1. The van der Waals surface area contributed by atoms with Crippen molar-refractivity contribution in [2.45, 2.75) is 4.34 Å². The van der Waals surface area contributed by atoms with Crippen molar-refractivity contribution in [1.82, 2.24) is 9.88 Å². The molecule has 0 spiro atoms. The van der Waals surface area contributed by atoms with E-state index in [1.807, 2.05) is 0 Å². The number of morpholine rings is 1. The Hall–Kier alpha value is -0.690. The van der Waals surface area contributed by atoms with Crippen molar-refractivity contribution >= 4 is 33.3 Å². The Morgan fingerprint density at radius 2 is 2.21 bits per heavy atom. The highest BCUT2D eigenvalue weighted by molar-refractivity contribution is 8.01. The van der Waals surface area contributed by atoms with Crippen LogP contribution in [0.25, 0.3) is 10.2 Å². The average Bonchev–Trinajstić information content (AvgIpc) is 2.82. The molecule has 0 atom stereocenters. The van der Waals surface area contributed by atoms with Crippen LogP contribution in [0.5, 0.6) is 0 Å². The van der Waals surface area contributed by atoms with Gasteiger partial charge in [-0.3, -0.25) is 4.90 Å². The Bertz CT molecular complexity index is 555. The van der Waals surface area contributed by atoms with E-state index in [-0.39, 0.29) is 5.82 Å². The van der Waals surface area contributed by atoms with Gasteiger partial charge in [0.05, 0.1) is 23.4 Å². The third kappa shape index (κ3) is 3.45. The van der Waals surface area contributed by atoms with Crippen molar-refractivity contribution in [3.63, 3.8) is 0 Å². The molecule has 0 radical (unpaired) electrons. The van der Waals surface area contributed by atoms with Crippen LogP contribution in [0.15, 0.2) is 22.5 Å². The van der Waals surface area contributed by atoms with Crippen LogP contribution < -0.4 is 0 Å². The Morgan fingerprint density at radius 1 is 1.37 bits per heavy atom. The van der Waals surface area contributed by atoms with Crippen LogP contribution in [0.1, 0.15) is 0 Å². The van der Waals surface area contributed by atoms with E-state index >= 15 is 0 Å². The van der Waals surface area contributed by atoms with Crippen LogP contribution in [0.3, 0.4) is 0 Å². The molecular formula is C13H15FN2OS2. The van der Waals surface area contributed by atoms with E-state index in [1.54, 1.807) is 29.2 Å². The minimum absolute atomic E-state index is 0.220. The van der Waals surface area contributed by atoms with Gasteiger partial charge in [-0.1, -0.05) is 11.8 Å². The van der Waals surface area contributed by atoms with E-state index in [9.17, 15) is 4.39 Å². The third-order valence-corrected chi connectivity index (χ3v) is 5.23. The second kappa shape index (κ2) is 6.17. The number of halogens is 1. The van der Waals surface area contributed by atoms with Gasteiger partial charge in [0.1, 0.15) is 5.82 Å². The summed E-state index contributed by atoms with van der Waals surface area (Å²) in [5.74, 6) is 0.796. The number of ether oxygens (including phenoxy) is 1. The molecule has 1 fully saturated rings. The van der Waals surface area contributed by atoms with Gasteiger partial charge in [-0.15, -0.1) is 11.3 Å². The zero-order valence-electron chi connectivity index (χ0n) is 10.5. The maximum absolute atomic E-state index is 13.1. The molecule has 1 aromatic heterocycles. The normalized spacial score (nSPS) is 17.1. The Labute approximate surface area is 119 Å². The van der Waals surface area contributed by atoms with Gasteiger partial charge in [-0.2, -0.15) is 0 Å². The lowest BCUT2D eigenvalue weighted by Gasteiger charge is -2.26. The van der Waals surface area contributed by atoms with Gasteiger partial charge in [0.2, 0.25) is 0 Å². The molecule has 0 unspecified atom stereocenters. The fraction of sp³-hybridized carbons (Fsp3) is 0.462. The van der Waals surface area contributed by atoms with Gasteiger partial charge < -0.3 is 4.74 Å². The highest BCUT2D eigenvalue weighted by Gasteiger charge is 2.11. The standard InChI is InChI=1S/C13H15FN2OS2/c14-10-1-2-12-11(9-10)15-13(19-12)18-8-5-16-3-6-17-7-4-16/h1-2,9H,3-8H2. The first kappa shape index (κ1) is 13.3. The van der Waals surface area contributed by atoms with E-state index < -0.39 is 0 Å². The smallest absolute Gasteiger partial charge is 0.151 e. The topological polar surface area (TPSA) is 25.4 Å². The third-order valence-electron chi connectivity index (χ3n) is 3.07. The fourth-order valence-electron chi connectivity index (χ4n) is 2.03. The molecule has 0 bridgehead atoms. The summed E-state index contributed by atoms with van der Waals surface area (Å²) in [6.07, 6.45) is 0. The van der Waals surface area contributed by atoms with Crippen molar-refractivity contribution < 1.29 is 9.13 Å². The largest absolute Gasteiger partial charge is 0.379 e. The minimum atomic E-state index is -0.220. The molecule has 0 aliphatic carbocycles. The molecule has 102 valence electrons. The van der Waals surface area contributed by atoms with Crippen molar-refractivity contribution in [3.05, 3.63) is 24.0 Å². The number of hydrogen-bond acceptors (Lipinski definition) is 5. The molecule has 1 saturated heterocycles. The van der Waals surface area contributed by atoms with Gasteiger partial charge in [0, 0.05) is 31.5 Å². The molecule has 1 aromatic carbocycles. The summed E-state index contributed by atoms with van der Waals surface area (Å²) in [6.45, 7) is 4.77. The summed E-state index contributed by atoms with van der Waals surface area (Å²) >= 11 is 3.38. The minimum Gasteiger partial charge on any atom is -0.379 e. The predicted molar refractivity (Wildman–Crippen MR) is 77.6 cm³/mol. The summed E-state index contributed by atoms with van der Waals surface area (Å²) in [5.41, 5.74) is 0.763. The summed E-state index contributed by atoms with van der Waals surface area (Å²) < 4.78 is 20.5. The zero-order valence-corrected chi connectivity index (χ0v) is 12.1. The first-order valence-corrected chi connectivity index (χ1v) is 8.10. The zero-order chi connectivity index (χ0) is 13.1. The van der Waals surface area contributed by atoms with Gasteiger partial charge >= 0.3 is 0 Å². The number of nitrogens with zero attached hydrogens (tertiary/aromatic N) is 2. The number of benzene rings is 1. The summed E-state index contributed by atoms with van der Waals surface area (Å²) in [4.78, 5) is 6.86. The Balaban J connectivity index is 1.56. The van der Waals surface area contributed by atoms with Crippen LogP contribution in [-0.4, -0.2) is 48.5 Å². The quantitative estimate of drug-likeness (QED) is 0.811. The Morgan fingerprint density at radius 3 is 3.05 bits per heavy atom. The van der Waals surface area contributed by atoms with Gasteiger partial charge in [-0.25, -0.2) is 9.37 Å². The first-order valence-electron chi connectivity index (χ1n) is 6.30. The number of thioether (sulfide) groups is 1. The van der Waals surface area contributed by atoms with Crippen LogP contribution in [0.2, 0.25) is 0 Å². The SMILES string of the molecule is Fc1ccc2sc(SCCN3CCOCC3)nc2c1. The van der Waals surface area contributed by atoms with E-state index in [1.165, 1.54) is 12.1 Å². The summed E-state index contributed by atoms with van der Waals surface area (Å²) in [7, 11) is 0.